The number of hydrogen-bond donors (Lipinski definition) is 0. The number of hydrogen-bond acceptors (Lipinski definition) is 4. The monoisotopic (exact) mass is 400 g/mol. The van der Waals surface area contributed by atoms with Crippen LogP contribution in [-0.2, 0) is 17.6 Å². The van der Waals surface area contributed by atoms with Gasteiger partial charge >= 0.3 is 0 Å². The van der Waals surface area contributed by atoms with Gasteiger partial charge in [-0.2, -0.15) is 0 Å². The van der Waals surface area contributed by atoms with Gasteiger partial charge in [-0.25, -0.2) is 4.98 Å². The first-order valence-electron chi connectivity index (χ1n) is 10.4. The molecule has 1 aliphatic carbocycles. The smallest absolute Gasteiger partial charge is 0.127 e. The van der Waals surface area contributed by atoms with Gasteiger partial charge in [-0.1, -0.05) is 19.4 Å². The summed E-state index contributed by atoms with van der Waals surface area (Å²) in [5.74, 6) is -0.127. The number of nitrogens with zero attached hydrogens (tertiary/aromatic N) is 2. The summed E-state index contributed by atoms with van der Waals surface area (Å²) in [5.41, 5.74) is 11.2. The standard InChI is InChI=1S/C25H24N2OS/c1-3-5-19(13-28)24-15(2)27-22-11-17-7-4-6-16(17)10-20(22)25(24)18-8-9-21-23(12-18)29-14-26-21/h8-14,19H,3-7H2,1-2H3. The van der Waals surface area contributed by atoms with E-state index in [4.69, 9.17) is 4.98 Å². The highest BCUT2D eigenvalue weighted by molar-refractivity contribution is 7.16. The van der Waals surface area contributed by atoms with E-state index in [1.54, 1.807) is 11.3 Å². The minimum absolute atomic E-state index is 0.127. The van der Waals surface area contributed by atoms with Gasteiger partial charge in [0.25, 0.3) is 0 Å². The van der Waals surface area contributed by atoms with E-state index in [0.29, 0.717) is 0 Å². The third kappa shape index (κ3) is 3.06. The molecule has 0 saturated carbocycles. The molecule has 2 heterocycles. The van der Waals surface area contributed by atoms with Gasteiger partial charge < -0.3 is 4.79 Å². The topological polar surface area (TPSA) is 42.9 Å². The molecule has 0 amide bonds. The number of fused-ring (bicyclic) bond motifs is 3. The fraction of sp³-hybridized carbons (Fsp3) is 0.320. The summed E-state index contributed by atoms with van der Waals surface area (Å²) in [5, 5.41) is 1.18. The fourth-order valence-corrected chi connectivity index (χ4v) is 5.55. The van der Waals surface area contributed by atoms with Crippen LogP contribution in [0.25, 0.3) is 32.2 Å². The average Bonchev–Trinajstić information content (AvgIpc) is 3.38. The number of benzene rings is 2. The van der Waals surface area contributed by atoms with Crippen LogP contribution in [0.15, 0.2) is 35.8 Å². The van der Waals surface area contributed by atoms with E-state index in [2.05, 4.69) is 49.2 Å². The molecule has 2 aromatic heterocycles. The predicted octanol–water partition coefficient (Wildman–Crippen LogP) is 6.39. The molecule has 0 radical (unpaired) electrons. The van der Waals surface area contributed by atoms with Crippen molar-refractivity contribution < 1.29 is 4.79 Å². The van der Waals surface area contributed by atoms with Gasteiger partial charge in [0.1, 0.15) is 6.29 Å². The predicted molar refractivity (Wildman–Crippen MR) is 121 cm³/mol. The molecule has 29 heavy (non-hydrogen) atoms. The summed E-state index contributed by atoms with van der Waals surface area (Å²) in [6, 6.07) is 11.1. The number of aryl methyl sites for hydroxylation is 3. The van der Waals surface area contributed by atoms with Crippen molar-refractivity contribution in [2.45, 2.75) is 51.9 Å². The van der Waals surface area contributed by atoms with E-state index < -0.39 is 0 Å². The van der Waals surface area contributed by atoms with Crippen molar-refractivity contribution in [1.82, 2.24) is 9.97 Å². The minimum atomic E-state index is -0.127. The summed E-state index contributed by atoms with van der Waals surface area (Å²) < 4.78 is 1.18. The molecule has 3 nitrogen and oxygen atoms in total. The van der Waals surface area contributed by atoms with E-state index in [-0.39, 0.29) is 5.92 Å². The first kappa shape index (κ1) is 18.4. The van der Waals surface area contributed by atoms with Crippen LogP contribution in [0.1, 0.15) is 54.5 Å². The highest BCUT2D eigenvalue weighted by Crippen LogP contribution is 2.41. The van der Waals surface area contributed by atoms with Gasteiger partial charge in [-0.3, -0.25) is 4.98 Å². The highest BCUT2D eigenvalue weighted by Gasteiger charge is 2.23. The number of rotatable bonds is 5. The number of aldehydes is 1. The summed E-state index contributed by atoms with van der Waals surface area (Å²) in [4.78, 5) is 21.5. The van der Waals surface area contributed by atoms with Crippen LogP contribution in [-0.4, -0.2) is 16.3 Å². The molecule has 1 unspecified atom stereocenters. The van der Waals surface area contributed by atoms with E-state index in [9.17, 15) is 4.79 Å². The first-order valence-corrected chi connectivity index (χ1v) is 11.3. The zero-order valence-electron chi connectivity index (χ0n) is 16.9. The van der Waals surface area contributed by atoms with Crippen LogP contribution in [0.2, 0.25) is 0 Å². The van der Waals surface area contributed by atoms with Gasteiger partial charge in [-0.05, 0) is 84.7 Å². The number of carbonyl (C=O) groups excluding carboxylic acids is 1. The maximum atomic E-state index is 12.1. The summed E-state index contributed by atoms with van der Waals surface area (Å²) >= 11 is 1.66. The normalized spacial score (nSPS) is 14.4. The quantitative estimate of drug-likeness (QED) is 0.364. The van der Waals surface area contributed by atoms with Gasteiger partial charge in [0.15, 0.2) is 0 Å². The Kier molecular flexibility index (Phi) is 4.67. The van der Waals surface area contributed by atoms with E-state index in [1.807, 2.05) is 5.51 Å². The Balaban J connectivity index is 1.86. The Morgan fingerprint density at radius 1 is 1.14 bits per heavy atom. The van der Waals surface area contributed by atoms with Crippen molar-refractivity contribution >= 4 is 38.7 Å². The molecule has 5 rings (SSSR count). The van der Waals surface area contributed by atoms with Crippen molar-refractivity contribution in [2.75, 3.05) is 0 Å². The Morgan fingerprint density at radius 2 is 1.97 bits per heavy atom. The lowest BCUT2D eigenvalue weighted by Gasteiger charge is -2.21. The lowest BCUT2D eigenvalue weighted by Crippen LogP contribution is -2.08. The van der Waals surface area contributed by atoms with Crippen molar-refractivity contribution in [1.29, 1.82) is 0 Å². The van der Waals surface area contributed by atoms with Crippen LogP contribution in [0.5, 0.6) is 0 Å². The van der Waals surface area contributed by atoms with Crippen molar-refractivity contribution in [3.63, 3.8) is 0 Å². The number of thiazole rings is 1. The second-order valence-corrected chi connectivity index (χ2v) is 8.93. The van der Waals surface area contributed by atoms with Gasteiger partial charge in [0.2, 0.25) is 0 Å². The summed E-state index contributed by atoms with van der Waals surface area (Å²) in [7, 11) is 0. The van der Waals surface area contributed by atoms with Gasteiger partial charge in [0, 0.05) is 17.0 Å². The fourth-order valence-electron chi connectivity index (χ4n) is 4.84. The minimum Gasteiger partial charge on any atom is -0.303 e. The maximum absolute atomic E-state index is 12.1. The number of pyridine rings is 1. The summed E-state index contributed by atoms with van der Waals surface area (Å²) in [6.07, 6.45) is 6.42. The van der Waals surface area contributed by atoms with Crippen LogP contribution < -0.4 is 0 Å². The molecular weight excluding hydrogens is 376 g/mol. The van der Waals surface area contributed by atoms with Crippen molar-refractivity contribution in [3.05, 3.63) is 58.2 Å². The second kappa shape index (κ2) is 7.34. The molecule has 2 aromatic carbocycles. The maximum Gasteiger partial charge on any atom is 0.127 e. The number of aromatic nitrogens is 2. The third-order valence-corrected chi connectivity index (χ3v) is 6.97. The molecule has 4 heteroatoms. The van der Waals surface area contributed by atoms with E-state index in [1.165, 1.54) is 33.2 Å². The molecule has 0 saturated heterocycles. The molecule has 1 atom stereocenters. The Bertz CT molecular complexity index is 1240. The Hall–Kier alpha value is -2.59. The average molecular weight is 401 g/mol. The van der Waals surface area contributed by atoms with Crippen LogP contribution >= 0.6 is 11.3 Å². The molecule has 0 spiro atoms. The third-order valence-electron chi connectivity index (χ3n) is 6.18. The van der Waals surface area contributed by atoms with Gasteiger partial charge in [0.05, 0.1) is 21.2 Å². The van der Waals surface area contributed by atoms with E-state index >= 15 is 0 Å². The van der Waals surface area contributed by atoms with Crippen LogP contribution in [0, 0.1) is 6.92 Å². The molecule has 0 fully saturated rings. The second-order valence-electron chi connectivity index (χ2n) is 8.04. The lowest BCUT2D eigenvalue weighted by molar-refractivity contribution is -0.109. The zero-order chi connectivity index (χ0) is 20.0. The highest BCUT2D eigenvalue weighted by atomic mass is 32.1. The SMILES string of the molecule is CCCC(C=O)c1c(C)nc2cc3c(cc2c1-c1ccc2ncsc2c1)CCC3. The van der Waals surface area contributed by atoms with Crippen molar-refractivity contribution in [2.24, 2.45) is 0 Å². The molecule has 4 aromatic rings. The largest absolute Gasteiger partial charge is 0.303 e. The molecule has 1 aliphatic rings. The molecular formula is C25H24N2OS. The van der Waals surface area contributed by atoms with Crippen LogP contribution in [0.4, 0.5) is 0 Å². The first-order chi connectivity index (χ1) is 14.2. The molecule has 146 valence electrons. The summed E-state index contributed by atoms with van der Waals surface area (Å²) in [6.45, 7) is 4.19. The van der Waals surface area contributed by atoms with E-state index in [0.717, 1.165) is 59.8 Å². The number of carbonyl (C=O) groups is 1. The molecule has 0 bridgehead atoms. The van der Waals surface area contributed by atoms with Crippen LogP contribution in [0.3, 0.4) is 0 Å². The lowest BCUT2D eigenvalue weighted by atomic mass is 9.85. The Morgan fingerprint density at radius 3 is 2.76 bits per heavy atom. The molecule has 0 N–H and O–H groups in total. The molecule has 0 aliphatic heterocycles. The van der Waals surface area contributed by atoms with Gasteiger partial charge in [-0.15, -0.1) is 11.3 Å². The Labute approximate surface area is 174 Å². The zero-order valence-corrected chi connectivity index (χ0v) is 17.7. The van der Waals surface area contributed by atoms with Crippen molar-refractivity contribution in [3.8, 4) is 11.1 Å².